The highest BCUT2D eigenvalue weighted by Crippen LogP contribution is 2.28. The Labute approximate surface area is 73.9 Å². The molecule has 0 N–H and O–H groups in total. The molecule has 0 spiro atoms. The normalized spacial score (nSPS) is 10.4. The Morgan fingerprint density at radius 3 is 2.67 bits per heavy atom. The van der Waals surface area contributed by atoms with Crippen LogP contribution in [0.3, 0.4) is 0 Å². The van der Waals surface area contributed by atoms with Gasteiger partial charge in [0.05, 0.1) is 5.02 Å². The van der Waals surface area contributed by atoms with Crippen LogP contribution in [-0.2, 0) is 0 Å². The van der Waals surface area contributed by atoms with Gasteiger partial charge >= 0.3 is 6.61 Å². The third-order valence-electron chi connectivity index (χ3n) is 1.29. The fraction of sp³-hybridized carbons (Fsp3) is 0.250. The number of benzene rings is 1. The lowest BCUT2D eigenvalue weighted by atomic mass is 10.2. The van der Waals surface area contributed by atoms with Gasteiger partial charge in [-0.2, -0.15) is 8.78 Å². The molecule has 0 aromatic heterocycles. The second-order valence-corrected chi connectivity index (χ2v) is 2.60. The molecule has 0 aliphatic heterocycles. The van der Waals surface area contributed by atoms with Crippen molar-refractivity contribution < 1.29 is 13.5 Å². The Kier molecular flexibility index (Phi) is 2.87. The number of hydrogen-bond acceptors (Lipinski definition) is 1. The Bertz CT molecular complexity index is 256. The van der Waals surface area contributed by atoms with E-state index in [1.54, 1.807) is 6.92 Å². The molecular formula is C8H6ClF2O. The Morgan fingerprint density at radius 1 is 1.50 bits per heavy atom. The van der Waals surface area contributed by atoms with Gasteiger partial charge in [-0.1, -0.05) is 11.6 Å². The van der Waals surface area contributed by atoms with Crippen LogP contribution in [0.4, 0.5) is 8.78 Å². The molecule has 0 amide bonds. The van der Waals surface area contributed by atoms with Gasteiger partial charge in [-0.05, 0) is 30.7 Å². The van der Waals surface area contributed by atoms with Gasteiger partial charge in [-0.25, -0.2) is 0 Å². The molecule has 1 nitrogen and oxygen atoms in total. The van der Waals surface area contributed by atoms with E-state index < -0.39 is 6.61 Å². The van der Waals surface area contributed by atoms with Crippen molar-refractivity contribution in [3.05, 3.63) is 28.8 Å². The molecule has 0 bridgehead atoms. The van der Waals surface area contributed by atoms with Crippen molar-refractivity contribution >= 4 is 11.6 Å². The predicted molar refractivity (Wildman–Crippen MR) is 41.7 cm³/mol. The Balaban J connectivity index is 2.96. The summed E-state index contributed by atoms with van der Waals surface area (Å²) in [5.41, 5.74) is 0.544. The van der Waals surface area contributed by atoms with E-state index in [9.17, 15) is 8.78 Å². The van der Waals surface area contributed by atoms with Crippen LogP contribution in [-0.4, -0.2) is 6.61 Å². The summed E-state index contributed by atoms with van der Waals surface area (Å²) >= 11 is 5.58. The van der Waals surface area contributed by atoms with E-state index in [2.05, 4.69) is 10.8 Å². The van der Waals surface area contributed by atoms with Gasteiger partial charge in [0.15, 0.2) is 0 Å². The van der Waals surface area contributed by atoms with Gasteiger partial charge in [0.2, 0.25) is 0 Å². The molecule has 0 atom stereocenters. The van der Waals surface area contributed by atoms with E-state index in [0.29, 0.717) is 5.56 Å². The maximum Gasteiger partial charge on any atom is 0.387 e. The summed E-state index contributed by atoms with van der Waals surface area (Å²) < 4.78 is 27.8. The van der Waals surface area contributed by atoms with Crippen LogP contribution in [0, 0.1) is 13.0 Å². The van der Waals surface area contributed by atoms with E-state index in [0.717, 1.165) is 0 Å². The highest BCUT2D eigenvalue weighted by Gasteiger charge is 2.10. The van der Waals surface area contributed by atoms with Crippen LogP contribution in [0.15, 0.2) is 12.1 Å². The molecule has 0 saturated heterocycles. The van der Waals surface area contributed by atoms with Crippen molar-refractivity contribution in [3.8, 4) is 5.75 Å². The van der Waals surface area contributed by atoms with Gasteiger partial charge in [-0.3, -0.25) is 0 Å². The summed E-state index contributed by atoms with van der Waals surface area (Å²) in [6, 6.07) is 5.60. The molecular weight excluding hydrogens is 186 g/mol. The molecule has 0 heterocycles. The summed E-state index contributed by atoms with van der Waals surface area (Å²) in [4.78, 5) is 0. The Hall–Kier alpha value is -0.830. The van der Waals surface area contributed by atoms with Crippen molar-refractivity contribution in [1.29, 1.82) is 0 Å². The third kappa shape index (κ3) is 2.08. The minimum absolute atomic E-state index is 0.0189. The fourth-order valence-electron chi connectivity index (χ4n) is 0.798. The maximum atomic E-state index is 11.8. The van der Waals surface area contributed by atoms with Crippen molar-refractivity contribution in [2.75, 3.05) is 0 Å². The SMILES string of the molecule is Cc1c[c]cc(Cl)c1OC(F)F. The molecule has 0 aliphatic rings. The molecule has 0 fully saturated rings. The molecule has 65 valence electrons. The zero-order valence-corrected chi connectivity index (χ0v) is 7.03. The maximum absolute atomic E-state index is 11.8. The van der Waals surface area contributed by atoms with Crippen LogP contribution in [0.25, 0.3) is 0 Å². The summed E-state index contributed by atoms with van der Waals surface area (Å²) in [6.45, 7) is -1.22. The number of hydrogen-bond donors (Lipinski definition) is 0. The second kappa shape index (κ2) is 3.72. The highest BCUT2D eigenvalue weighted by atomic mass is 35.5. The molecule has 1 rings (SSSR count). The zero-order valence-electron chi connectivity index (χ0n) is 6.27. The molecule has 0 aliphatic carbocycles. The van der Waals surface area contributed by atoms with Gasteiger partial charge < -0.3 is 4.74 Å². The van der Waals surface area contributed by atoms with E-state index in [1.165, 1.54) is 12.1 Å². The topological polar surface area (TPSA) is 9.23 Å². The van der Waals surface area contributed by atoms with E-state index in [4.69, 9.17) is 11.6 Å². The minimum Gasteiger partial charge on any atom is -0.433 e. The number of aryl methyl sites for hydroxylation is 1. The molecule has 1 aromatic rings. The average molecular weight is 192 g/mol. The first-order valence-electron chi connectivity index (χ1n) is 3.22. The van der Waals surface area contributed by atoms with Crippen LogP contribution in [0.5, 0.6) is 5.75 Å². The lowest BCUT2D eigenvalue weighted by Gasteiger charge is -2.08. The first kappa shape index (κ1) is 9.26. The molecule has 1 radical (unpaired) electrons. The van der Waals surface area contributed by atoms with Crippen LogP contribution in [0.1, 0.15) is 5.56 Å². The standard InChI is InChI=1S/C8H6ClF2O/c1-5-3-2-4-6(9)7(5)12-8(10)11/h3-4,8H,1H3. The van der Waals surface area contributed by atoms with Crippen molar-refractivity contribution in [2.24, 2.45) is 0 Å². The molecule has 0 saturated carbocycles. The van der Waals surface area contributed by atoms with Crippen LogP contribution in [0.2, 0.25) is 5.02 Å². The first-order chi connectivity index (χ1) is 5.61. The van der Waals surface area contributed by atoms with Crippen molar-refractivity contribution in [2.45, 2.75) is 13.5 Å². The van der Waals surface area contributed by atoms with Crippen molar-refractivity contribution in [3.63, 3.8) is 0 Å². The van der Waals surface area contributed by atoms with Crippen LogP contribution < -0.4 is 4.74 Å². The first-order valence-corrected chi connectivity index (χ1v) is 3.60. The third-order valence-corrected chi connectivity index (χ3v) is 1.57. The van der Waals surface area contributed by atoms with E-state index in [1.807, 2.05) is 0 Å². The summed E-state index contributed by atoms with van der Waals surface area (Å²) in [6.07, 6.45) is 0. The number of halogens is 3. The quantitative estimate of drug-likeness (QED) is 0.698. The number of rotatable bonds is 2. The van der Waals surface area contributed by atoms with Gasteiger partial charge in [-0.15, -0.1) is 0 Å². The predicted octanol–water partition coefficient (Wildman–Crippen LogP) is 3.05. The molecule has 12 heavy (non-hydrogen) atoms. The van der Waals surface area contributed by atoms with E-state index in [-0.39, 0.29) is 10.8 Å². The smallest absolute Gasteiger partial charge is 0.387 e. The monoisotopic (exact) mass is 191 g/mol. The number of ether oxygens (including phenoxy) is 1. The highest BCUT2D eigenvalue weighted by molar-refractivity contribution is 6.32. The second-order valence-electron chi connectivity index (χ2n) is 2.19. The Morgan fingerprint density at radius 2 is 2.17 bits per heavy atom. The summed E-state index contributed by atoms with van der Waals surface area (Å²) in [5, 5.41) is 0.148. The average Bonchev–Trinajstić information content (AvgIpc) is 1.97. The zero-order chi connectivity index (χ0) is 9.14. The lowest BCUT2D eigenvalue weighted by Crippen LogP contribution is -2.03. The lowest BCUT2D eigenvalue weighted by molar-refractivity contribution is -0.0502. The molecule has 0 unspecified atom stereocenters. The summed E-state index contributed by atoms with van der Waals surface area (Å²) in [7, 11) is 0. The minimum atomic E-state index is -2.84. The largest absolute Gasteiger partial charge is 0.433 e. The number of alkyl halides is 2. The van der Waals surface area contributed by atoms with Crippen molar-refractivity contribution in [1.82, 2.24) is 0 Å². The summed E-state index contributed by atoms with van der Waals surface area (Å²) in [5.74, 6) is 0.0189. The van der Waals surface area contributed by atoms with E-state index >= 15 is 0 Å². The van der Waals surface area contributed by atoms with Gasteiger partial charge in [0, 0.05) is 0 Å². The van der Waals surface area contributed by atoms with Crippen LogP contribution >= 0.6 is 11.6 Å². The fourth-order valence-corrected chi connectivity index (χ4v) is 1.05. The molecule has 1 aromatic carbocycles. The van der Waals surface area contributed by atoms with Gasteiger partial charge in [0.25, 0.3) is 0 Å². The molecule has 4 heteroatoms. The van der Waals surface area contributed by atoms with Gasteiger partial charge in [0.1, 0.15) is 5.75 Å².